The summed E-state index contributed by atoms with van der Waals surface area (Å²) in [5.41, 5.74) is 2.92. The van der Waals surface area contributed by atoms with Gasteiger partial charge in [-0.25, -0.2) is 4.39 Å². The summed E-state index contributed by atoms with van der Waals surface area (Å²) in [6.45, 7) is -0.740. The lowest BCUT2D eigenvalue weighted by molar-refractivity contribution is -0.0521. The quantitative estimate of drug-likeness (QED) is 0.427. The Morgan fingerprint density at radius 3 is 2.32 bits per heavy atom. The van der Waals surface area contributed by atoms with Crippen LogP contribution in [0.3, 0.4) is 0 Å². The minimum absolute atomic E-state index is 0.420. The molecule has 2 aliphatic carbocycles. The minimum Gasteiger partial charge on any atom is -0.432 e. The zero-order chi connectivity index (χ0) is 21.8. The smallest absolute Gasteiger partial charge is 0.387 e. The Morgan fingerprint density at radius 2 is 1.61 bits per heavy atom. The van der Waals surface area contributed by atoms with Crippen LogP contribution >= 0.6 is 0 Å². The lowest BCUT2D eigenvalue weighted by atomic mass is 9.63. The van der Waals surface area contributed by atoms with Gasteiger partial charge in [-0.15, -0.1) is 0 Å². The standard InChI is InChI=1S/C27H33F3O/c1-2-3-4-18-5-6-23-16-22(12-11-21(23)15-18)19-7-9-20(10-8-19)24-13-14-26(25(28)17-24)31-27(29)30/h7-10,13-14,17-18,21-23,27H,2-6,11-12,15-16H2,1H3/t18?,21-,22-,23-/m1/s1. The predicted octanol–water partition coefficient (Wildman–Crippen LogP) is 8.58. The van der Waals surface area contributed by atoms with Gasteiger partial charge in [-0.05, 0) is 84.6 Å². The second-order valence-electron chi connectivity index (χ2n) is 9.50. The highest BCUT2D eigenvalue weighted by Gasteiger charge is 2.35. The van der Waals surface area contributed by atoms with Crippen LogP contribution in [0.5, 0.6) is 5.75 Å². The summed E-state index contributed by atoms with van der Waals surface area (Å²) in [5.74, 6) is 2.16. The van der Waals surface area contributed by atoms with Gasteiger partial charge in [-0.1, -0.05) is 62.9 Å². The van der Waals surface area contributed by atoms with Gasteiger partial charge in [0.05, 0.1) is 0 Å². The molecule has 0 saturated heterocycles. The van der Waals surface area contributed by atoms with Gasteiger partial charge in [-0.3, -0.25) is 0 Å². The van der Waals surface area contributed by atoms with Crippen LogP contribution in [0.2, 0.25) is 0 Å². The maximum Gasteiger partial charge on any atom is 0.387 e. The van der Waals surface area contributed by atoms with E-state index in [1.54, 1.807) is 6.07 Å². The van der Waals surface area contributed by atoms with Crippen molar-refractivity contribution >= 4 is 0 Å². The fraction of sp³-hybridized carbons (Fsp3) is 0.556. The second kappa shape index (κ2) is 10.1. The van der Waals surface area contributed by atoms with Gasteiger partial charge >= 0.3 is 6.61 Å². The van der Waals surface area contributed by atoms with Crippen molar-refractivity contribution in [2.24, 2.45) is 17.8 Å². The molecule has 0 amide bonds. The number of benzene rings is 2. The zero-order valence-corrected chi connectivity index (χ0v) is 18.3. The lowest BCUT2D eigenvalue weighted by Gasteiger charge is -2.42. The number of fused-ring (bicyclic) bond motifs is 1. The number of hydrogen-bond donors (Lipinski definition) is 0. The third-order valence-corrected chi connectivity index (χ3v) is 7.55. The number of ether oxygens (including phenoxy) is 1. The summed E-state index contributed by atoms with van der Waals surface area (Å²) in [5, 5.41) is 0. The van der Waals surface area contributed by atoms with Crippen molar-refractivity contribution in [2.75, 3.05) is 0 Å². The van der Waals surface area contributed by atoms with E-state index < -0.39 is 18.2 Å². The van der Waals surface area contributed by atoms with Crippen LogP contribution in [-0.2, 0) is 0 Å². The van der Waals surface area contributed by atoms with Crippen LogP contribution in [0, 0.1) is 23.6 Å². The molecule has 4 atom stereocenters. The average Bonchev–Trinajstić information content (AvgIpc) is 2.78. The highest BCUT2D eigenvalue weighted by molar-refractivity contribution is 5.64. The topological polar surface area (TPSA) is 9.23 Å². The van der Waals surface area contributed by atoms with E-state index in [0.717, 1.165) is 23.3 Å². The first-order chi connectivity index (χ1) is 15.0. The van der Waals surface area contributed by atoms with Crippen molar-refractivity contribution < 1.29 is 17.9 Å². The molecule has 4 heteroatoms. The minimum atomic E-state index is -3.03. The fourth-order valence-corrected chi connectivity index (χ4v) is 5.86. The van der Waals surface area contributed by atoms with Crippen LogP contribution < -0.4 is 4.74 Å². The SMILES string of the molecule is CCCCC1CC[C@@H]2C[C@H](c3ccc(-c4ccc(OC(F)F)c(F)c4)cc3)CC[C@@H]2C1. The number of halogens is 3. The van der Waals surface area contributed by atoms with E-state index >= 15 is 0 Å². The van der Waals surface area contributed by atoms with Crippen LogP contribution in [0.4, 0.5) is 13.2 Å². The maximum atomic E-state index is 14.1. The normalized spacial score (nSPS) is 26.0. The van der Waals surface area contributed by atoms with Crippen molar-refractivity contribution in [3.05, 3.63) is 53.8 Å². The summed E-state index contributed by atoms with van der Waals surface area (Å²) < 4.78 is 42.9. The average molecular weight is 431 g/mol. The third kappa shape index (κ3) is 5.45. The van der Waals surface area contributed by atoms with E-state index in [1.165, 1.54) is 75.5 Å². The Balaban J connectivity index is 1.38. The van der Waals surface area contributed by atoms with Gasteiger partial charge in [0.2, 0.25) is 0 Å². The molecule has 0 bridgehead atoms. The van der Waals surface area contributed by atoms with Gasteiger partial charge in [-0.2, -0.15) is 8.78 Å². The molecule has 2 aromatic carbocycles. The molecule has 0 heterocycles. The maximum absolute atomic E-state index is 14.1. The first-order valence-corrected chi connectivity index (χ1v) is 11.9. The van der Waals surface area contributed by atoms with Gasteiger partial charge in [0.1, 0.15) is 0 Å². The molecule has 31 heavy (non-hydrogen) atoms. The molecule has 2 fully saturated rings. The molecular weight excluding hydrogens is 397 g/mol. The molecular formula is C27H33F3O. The highest BCUT2D eigenvalue weighted by atomic mass is 19.3. The number of unbranched alkanes of at least 4 members (excludes halogenated alkanes) is 1. The first kappa shape index (κ1) is 22.2. The number of hydrogen-bond acceptors (Lipinski definition) is 1. The summed E-state index contributed by atoms with van der Waals surface area (Å²) >= 11 is 0. The van der Waals surface area contributed by atoms with Crippen molar-refractivity contribution in [2.45, 2.75) is 77.2 Å². The summed E-state index contributed by atoms with van der Waals surface area (Å²) in [4.78, 5) is 0. The first-order valence-electron chi connectivity index (χ1n) is 11.9. The van der Waals surface area contributed by atoms with Crippen LogP contribution in [-0.4, -0.2) is 6.61 Å². The van der Waals surface area contributed by atoms with Crippen LogP contribution in [0.1, 0.15) is 76.2 Å². The molecule has 0 spiro atoms. The fourth-order valence-electron chi connectivity index (χ4n) is 5.86. The van der Waals surface area contributed by atoms with Gasteiger partial charge < -0.3 is 4.74 Å². The Hall–Kier alpha value is -1.97. The molecule has 0 aliphatic heterocycles. The van der Waals surface area contributed by atoms with Gasteiger partial charge in [0.25, 0.3) is 0 Å². The Kier molecular flexibility index (Phi) is 7.24. The molecule has 2 saturated carbocycles. The monoisotopic (exact) mass is 430 g/mol. The lowest BCUT2D eigenvalue weighted by Crippen LogP contribution is -2.30. The summed E-state index contributed by atoms with van der Waals surface area (Å²) in [6.07, 6.45) is 12.2. The molecule has 2 aromatic rings. The van der Waals surface area contributed by atoms with Crippen molar-refractivity contribution in [1.29, 1.82) is 0 Å². The Labute approximate surface area is 184 Å². The largest absolute Gasteiger partial charge is 0.432 e. The van der Waals surface area contributed by atoms with E-state index in [-0.39, 0.29) is 0 Å². The third-order valence-electron chi connectivity index (χ3n) is 7.55. The highest BCUT2D eigenvalue weighted by Crippen LogP contribution is 2.48. The zero-order valence-electron chi connectivity index (χ0n) is 18.3. The molecule has 1 nitrogen and oxygen atoms in total. The molecule has 4 rings (SSSR count). The van der Waals surface area contributed by atoms with Crippen LogP contribution in [0.15, 0.2) is 42.5 Å². The van der Waals surface area contributed by atoms with E-state index in [1.807, 2.05) is 12.1 Å². The molecule has 2 aliphatic rings. The summed E-state index contributed by atoms with van der Waals surface area (Å²) in [7, 11) is 0. The van der Waals surface area contributed by atoms with E-state index in [4.69, 9.17) is 0 Å². The van der Waals surface area contributed by atoms with Crippen molar-refractivity contribution in [1.82, 2.24) is 0 Å². The van der Waals surface area contributed by atoms with Gasteiger partial charge in [0, 0.05) is 0 Å². The summed E-state index contributed by atoms with van der Waals surface area (Å²) in [6, 6.07) is 12.5. The van der Waals surface area contributed by atoms with Crippen LogP contribution in [0.25, 0.3) is 11.1 Å². The molecule has 0 N–H and O–H groups in total. The van der Waals surface area contributed by atoms with Gasteiger partial charge in [0.15, 0.2) is 11.6 Å². The van der Waals surface area contributed by atoms with Crippen molar-refractivity contribution in [3.63, 3.8) is 0 Å². The number of rotatable bonds is 7. The van der Waals surface area contributed by atoms with Crippen molar-refractivity contribution in [3.8, 4) is 16.9 Å². The predicted molar refractivity (Wildman–Crippen MR) is 119 cm³/mol. The molecule has 168 valence electrons. The molecule has 1 unspecified atom stereocenters. The Bertz CT molecular complexity index is 848. The second-order valence-corrected chi connectivity index (χ2v) is 9.50. The van der Waals surface area contributed by atoms with E-state index in [2.05, 4.69) is 23.8 Å². The molecule has 0 aromatic heterocycles. The Morgan fingerprint density at radius 1 is 0.903 bits per heavy atom. The number of alkyl halides is 2. The van der Waals surface area contributed by atoms with E-state index in [0.29, 0.717) is 11.5 Å². The van der Waals surface area contributed by atoms with E-state index in [9.17, 15) is 13.2 Å². The molecule has 0 radical (unpaired) electrons.